The predicted octanol–water partition coefficient (Wildman–Crippen LogP) is 4.13. The average molecular weight is 473 g/mol. The Morgan fingerprint density at radius 1 is 1.06 bits per heavy atom. The van der Waals surface area contributed by atoms with Crippen molar-refractivity contribution in [2.45, 2.75) is 65.2 Å². The summed E-state index contributed by atoms with van der Waals surface area (Å²) in [6.07, 6.45) is 4.68. The Morgan fingerprint density at radius 3 is 2.54 bits per heavy atom. The molecule has 2 heterocycles. The van der Waals surface area contributed by atoms with Crippen LogP contribution in [-0.4, -0.2) is 43.2 Å². The molecule has 1 N–H and O–H groups in total. The summed E-state index contributed by atoms with van der Waals surface area (Å²) in [5, 5.41) is 13.6. The number of nitrogens with one attached hydrogen (secondary N) is 1. The van der Waals surface area contributed by atoms with Gasteiger partial charge in [0, 0.05) is 23.7 Å². The van der Waals surface area contributed by atoms with Gasteiger partial charge in [0.2, 0.25) is 0 Å². The number of fused-ring (bicyclic) bond motifs is 1. The van der Waals surface area contributed by atoms with Gasteiger partial charge in [-0.1, -0.05) is 25.0 Å². The highest BCUT2D eigenvalue weighted by Gasteiger charge is 2.25. The van der Waals surface area contributed by atoms with Crippen LogP contribution in [0.15, 0.2) is 47.3 Å². The third-order valence-corrected chi connectivity index (χ3v) is 7.19. The molecule has 5 rings (SSSR count). The summed E-state index contributed by atoms with van der Waals surface area (Å²) >= 11 is 0. The molecule has 0 unspecified atom stereocenters. The molecule has 1 fully saturated rings. The summed E-state index contributed by atoms with van der Waals surface area (Å²) in [5.74, 6) is 1.63. The summed E-state index contributed by atoms with van der Waals surface area (Å²) in [4.78, 5) is 18.5. The van der Waals surface area contributed by atoms with Crippen LogP contribution in [0.3, 0.4) is 0 Å². The Hall–Kier alpha value is -3.52. The largest absolute Gasteiger partial charge is 0.497 e. The van der Waals surface area contributed by atoms with Gasteiger partial charge in [-0.15, -0.1) is 5.10 Å². The molecular weight excluding hydrogens is 440 g/mol. The summed E-state index contributed by atoms with van der Waals surface area (Å²) in [6.45, 7) is 5.92. The lowest BCUT2D eigenvalue weighted by Crippen LogP contribution is -2.35. The Kier molecular flexibility index (Phi) is 6.63. The van der Waals surface area contributed by atoms with E-state index >= 15 is 0 Å². The van der Waals surface area contributed by atoms with Crippen molar-refractivity contribution in [3.63, 3.8) is 0 Å². The van der Waals surface area contributed by atoms with E-state index in [1.807, 2.05) is 35.0 Å². The van der Waals surface area contributed by atoms with Crippen molar-refractivity contribution in [2.75, 3.05) is 7.11 Å². The highest BCUT2D eigenvalue weighted by Crippen LogP contribution is 2.27. The first-order valence-electron chi connectivity index (χ1n) is 12.3. The van der Waals surface area contributed by atoms with Crippen LogP contribution in [0.1, 0.15) is 53.8 Å². The number of hydrogen-bond acceptors (Lipinski definition) is 6. The van der Waals surface area contributed by atoms with Gasteiger partial charge < -0.3 is 9.72 Å². The predicted molar refractivity (Wildman–Crippen MR) is 135 cm³/mol. The minimum atomic E-state index is -0.0263. The van der Waals surface area contributed by atoms with E-state index < -0.39 is 0 Å². The number of methoxy groups -OCH3 is 1. The van der Waals surface area contributed by atoms with Gasteiger partial charge in [-0.25, -0.2) is 4.68 Å². The molecule has 0 radical (unpaired) electrons. The lowest BCUT2D eigenvalue weighted by atomic mass is 10.0. The SMILES string of the molecule is COc1ccc(Cn2nnnc2CN(Cc2cc3cc(C)c(C)cc3[nH]c2=O)C2CCCC2)cc1. The van der Waals surface area contributed by atoms with E-state index in [9.17, 15) is 4.79 Å². The maximum atomic E-state index is 13.0. The zero-order chi connectivity index (χ0) is 24.4. The highest BCUT2D eigenvalue weighted by molar-refractivity contribution is 5.80. The number of pyridine rings is 1. The van der Waals surface area contributed by atoms with E-state index in [2.05, 4.69) is 51.4 Å². The summed E-state index contributed by atoms with van der Waals surface area (Å²) < 4.78 is 7.11. The molecule has 0 spiro atoms. The van der Waals surface area contributed by atoms with Crippen LogP contribution in [0.2, 0.25) is 0 Å². The van der Waals surface area contributed by atoms with E-state index in [1.54, 1.807) is 7.11 Å². The fraction of sp³-hybridized carbons (Fsp3) is 0.407. The smallest absolute Gasteiger partial charge is 0.252 e. The second-order valence-corrected chi connectivity index (χ2v) is 9.59. The second-order valence-electron chi connectivity index (χ2n) is 9.59. The molecule has 1 aliphatic carbocycles. The molecular formula is C27H32N6O2. The number of tetrazole rings is 1. The normalized spacial score (nSPS) is 14.3. The second kappa shape index (κ2) is 10.00. The van der Waals surface area contributed by atoms with E-state index in [0.29, 0.717) is 25.7 Å². The number of aryl methyl sites for hydroxylation is 2. The lowest BCUT2D eigenvalue weighted by Gasteiger charge is -2.28. The number of benzene rings is 2. The van der Waals surface area contributed by atoms with Crippen molar-refractivity contribution < 1.29 is 4.74 Å². The summed E-state index contributed by atoms with van der Waals surface area (Å²) in [7, 11) is 1.66. The first-order valence-corrected chi connectivity index (χ1v) is 12.3. The van der Waals surface area contributed by atoms with Crippen molar-refractivity contribution in [3.8, 4) is 5.75 Å². The molecule has 0 atom stereocenters. The van der Waals surface area contributed by atoms with Gasteiger partial charge in [0.1, 0.15) is 5.75 Å². The Morgan fingerprint density at radius 2 is 1.80 bits per heavy atom. The van der Waals surface area contributed by atoms with Gasteiger partial charge in [-0.05, 0) is 89.5 Å². The van der Waals surface area contributed by atoms with E-state index in [0.717, 1.165) is 46.4 Å². The number of aromatic nitrogens is 5. The molecule has 0 bridgehead atoms. The fourth-order valence-corrected chi connectivity index (χ4v) is 4.99. The molecule has 35 heavy (non-hydrogen) atoms. The van der Waals surface area contributed by atoms with Crippen LogP contribution >= 0.6 is 0 Å². The maximum absolute atomic E-state index is 13.0. The molecule has 182 valence electrons. The Labute approximate surface area is 204 Å². The minimum Gasteiger partial charge on any atom is -0.497 e. The highest BCUT2D eigenvalue weighted by atomic mass is 16.5. The van der Waals surface area contributed by atoms with Gasteiger partial charge in [0.25, 0.3) is 5.56 Å². The van der Waals surface area contributed by atoms with E-state index in [4.69, 9.17) is 4.74 Å². The van der Waals surface area contributed by atoms with E-state index in [1.165, 1.54) is 24.0 Å². The molecule has 8 heteroatoms. The van der Waals surface area contributed by atoms with Crippen molar-refractivity contribution in [1.82, 2.24) is 30.1 Å². The van der Waals surface area contributed by atoms with Gasteiger partial charge >= 0.3 is 0 Å². The van der Waals surface area contributed by atoms with E-state index in [-0.39, 0.29) is 5.56 Å². The van der Waals surface area contributed by atoms with Gasteiger partial charge in [-0.3, -0.25) is 9.69 Å². The van der Waals surface area contributed by atoms with Gasteiger partial charge in [-0.2, -0.15) is 0 Å². The number of hydrogen-bond donors (Lipinski definition) is 1. The maximum Gasteiger partial charge on any atom is 0.252 e. The molecule has 8 nitrogen and oxygen atoms in total. The van der Waals surface area contributed by atoms with Crippen LogP contribution < -0.4 is 10.3 Å². The van der Waals surface area contributed by atoms with Gasteiger partial charge in [0.15, 0.2) is 5.82 Å². The quantitative estimate of drug-likeness (QED) is 0.415. The number of rotatable bonds is 8. The fourth-order valence-electron chi connectivity index (χ4n) is 4.99. The first-order chi connectivity index (χ1) is 17.0. The Bertz CT molecular complexity index is 1370. The topological polar surface area (TPSA) is 88.9 Å². The molecule has 2 aromatic carbocycles. The summed E-state index contributed by atoms with van der Waals surface area (Å²) in [6, 6.07) is 14.6. The minimum absolute atomic E-state index is 0.0263. The number of nitrogens with zero attached hydrogens (tertiary/aromatic N) is 5. The number of aromatic amines is 1. The third kappa shape index (κ3) is 5.12. The van der Waals surface area contributed by atoms with Crippen LogP contribution in [0, 0.1) is 13.8 Å². The molecule has 2 aromatic heterocycles. The van der Waals surface area contributed by atoms with Crippen molar-refractivity contribution >= 4 is 10.9 Å². The van der Waals surface area contributed by atoms with Crippen LogP contribution in [0.25, 0.3) is 10.9 Å². The molecule has 0 saturated heterocycles. The third-order valence-electron chi connectivity index (χ3n) is 7.19. The van der Waals surface area contributed by atoms with Gasteiger partial charge in [0.05, 0.1) is 20.2 Å². The first kappa shape index (κ1) is 23.2. The lowest BCUT2D eigenvalue weighted by molar-refractivity contribution is 0.172. The van der Waals surface area contributed by atoms with Crippen molar-refractivity contribution in [3.05, 3.63) is 80.9 Å². The van der Waals surface area contributed by atoms with Crippen molar-refractivity contribution in [1.29, 1.82) is 0 Å². The molecule has 1 aliphatic rings. The number of H-pyrrole nitrogens is 1. The summed E-state index contributed by atoms with van der Waals surface area (Å²) in [5.41, 5.74) is 5.14. The van der Waals surface area contributed by atoms with Crippen LogP contribution in [0.5, 0.6) is 5.75 Å². The van der Waals surface area contributed by atoms with Crippen LogP contribution in [-0.2, 0) is 19.6 Å². The standard InChI is InChI=1S/C27H32N6O2/c1-18-12-21-14-22(27(34)28-25(21)13-19(18)2)16-32(23-6-4-5-7-23)17-26-29-30-31-33(26)15-20-8-10-24(35-3)11-9-20/h8-14,23H,4-7,15-17H2,1-3H3,(H,28,34). The Balaban J connectivity index is 1.40. The molecule has 4 aromatic rings. The monoisotopic (exact) mass is 472 g/mol. The van der Waals surface area contributed by atoms with Crippen molar-refractivity contribution in [2.24, 2.45) is 0 Å². The molecule has 0 aliphatic heterocycles. The average Bonchev–Trinajstić information content (AvgIpc) is 3.54. The number of ether oxygens (including phenoxy) is 1. The van der Waals surface area contributed by atoms with Crippen LogP contribution in [0.4, 0.5) is 0 Å². The zero-order valence-corrected chi connectivity index (χ0v) is 20.6. The molecule has 0 amide bonds. The molecule has 1 saturated carbocycles. The zero-order valence-electron chi connectivity index (χ0n) is 20.6.